The van der Waals surface area contributed by atoms with Gasteiger partial charge in [-0.2, -0.15) is 5.26 Å². The standard InChI is InChI=1S/C17H19N3O5/c1-19-8-13(7-18)16(22)20(17(19)23)9-14(21)11-25-10-12-3-5-15(24-2)6-4-12/h3-6,8,14,21H,9-11H2,1-2H3/t14-/m0/s1. The lowest BCUT2D eigenvalue weighted by Crippen LogP contribution is -2.43. The molecule has 0 saturated carbocycles. The van der Waals surface area contributed by atoms with Gasteiger partial charge in [0.1, 0.15) is 17.4 Å². The average Bonchev–Trinajstić information content (AvgIpc) is 2.62. The molecule has 0 bridgehead atoms. The minimum atomic E-state index is -1.06. The van der Waals surface area contributed by atoms with Crippen molar-refractivity contribution in [3.63, 3.8) is 0 Å². The second kappa shape index (κ2) is 8.28. The molecule has 2 aromatic rings. The molecule has 0 aliphatic rings. The first-order valence-corrected chi connectivity index (χ1v) is 7.55. The van der Waals surface area contributed by atoms with Crippen molar-refractivity contribution in [3.8, 4) is 11.8 Å². The van der Waals surface area contributed by atoms with Gasteiger partial charge in [0.2, 0.25) is 0 Å². The first-order valence-electron chi connectivity index (χ1n) is 7.55. The molecule has 1 aromatic carbocycles. The van der Waals surface area contributed by atoms with Crippen LogP contribution in [0.1, 0.15) is 11.1 Å². The van der Waals surface area contributed by atoms with Crippen LogP contribution in [0.2, 0.25) is 0 Å². The number of aryl methyl sites for hydroxylation is 1. The number of ether oxygens (including phenoxy) is 2. The van der Waals surface area contributed by atoms with E-state index in [0.29, 0.717) is 0 Å². The van der Waals surface area contributed by atoms with E-state index in [1.807, 2.05) is 12.1 Å². The van der Waals surface area contributed by atoms with Crippen molar-refractivity contribution in [2.24, 2.45) is 7.05 Å². The molecule has 0 fully saturated rings. The van der Waals surface area contributed by atoms with Crippen molar-refractivity contribution < 1.29 is 14.6 Å². The molecule has 1 heterocycles. The summed E-state index contributed by atoms with van der Waals surface area (Å²) < 4.78 is 12.4. The molecule has 1 N–H and O–H groups in total. The minimum absolute atomic E-state index is 0.0571. The summed E-state index contributed by atoms with van der Waals surface area (Å²) >= 11 is 0. The van der Waals surface area contributed by atoms with Gasteiger partial charge in [-0.3, -0.25) is 9.36 Å². The highest BCUT2D eigenvalue weighted by Crippen LogP contribution is 2.12. The molecule has 0 aliphatic heterocycles. The number of benzene rings is 1. The predicted molar refractivity (Wildman–Crippen MR) is 89.3 cm³/mol. The molecule has 25 heavy (non-hydrogen) atoms. The third kappa shape index (κ3) is 4.56. The second-order valence-electron chi connectivity index (χ2n) is 5.48. The van der Waals surface area contributed by atoms with E-state index in [4.69, 9.17) is 14.7 Å². The summed E-state index contributed by atoms with van der Waals surface area (Å²) in [6, 6.07) is 9.00. The van der Waals surface area contributed by atoms with Crippen LogP contribution in [0.5, 0.6) is 5.75 Å². The topological polar surface area (TPSA) is 106 Å². The van der Waals surface area contributed by atoms with Gasteiger partial charge in [0.15, 0.2) is 0 Å². The zero-order valence-electron chi connectivity index (χ0n) is 14.0. The monoisotopic (exact) mass is 345 g/mol. The summed E-state index contributed by atoms with van der Waals surface area (Å²) in [6.45, 7) is -0.0335. The van der Waals surface area contributed by atoms with Crippen LogP contribution >= 0.6 is 0 Å². The molecule has 0 spiro atoms. The number of aliphatic hydroxyl groups is 1. The molecule has 1 atom stereocenters. The van der Waals surface area contributed by atoms with E-state index in [1.165, 1.54) is 13.2 Å². The highest BCUT2D eigenvalue weighted by Gasteiger charge is 2.14. The van der Waals surface area contributed by atoms with Crippen LogP contribution in [-0.2, 0) is 24.9 Å². The molecule has 0 aliphatic carbocycles. The highest BCUT2D eigenvalue weighted by molar-refractivity contribution is 5.26. The maximum Gasteiger partial charge on any atom is 0.330 e. The number of nitrogens with zero attached hydrogens (tertiary/aromatic N) is 3. The number of aliphatic hydroxyl groups excluding tert-OH is 1. The zero-order chi connectivity index (χ0) is 18.4. The van der Waals surface area contributed by atoms with Gasteiger partial charge >= 0.3 is 5.69 Å². The van der Waals surface area contributed by atoms with E-state index < -0.39 is 17.4 Å². The van der Waals surface area contributed by atoms with Gasteiger partial charge in [0.05, 0.1) is 33.0 Å². The van der Waals surface area contributed by atoms with Crippen LogP contribution in [0.4, 0.5) is 0 Å². The number of methoxy groups -OCH3 is 1. The van der Waals surface area contributed by atoms with Crippen LogP contribution in [0.15, 0.2) is 40.1 Å². The van der Waals surface area contributed by atoms with Crippen LogP contribution in [0, 0.1) is 11.3 Å². The predicted octanol–water partition coefficient (Wildman–Crippen LogP) is 0.00498. The lowest BCUT2D eigenvalue weighted by molar-refractivity contribution is 0.0191. The molecule has 0 radical (unpaired) electrons. The molecular formula is C17H19N3O5. The van der Waals surface area contributed by atoms with Crippen molar-refractivity contribution in [2.45, 2.75) is 19.3 Å². The number of hydrogen-bond acceptors (Lipinski definition) is 6. The van der Waals surface area contributed by atoms with Crippen LogP contribution in [-0.4, -0.2) is 34.1 Å². The van der Waals surface area contributed by atoms with Crippen molar-refractivity contribution in [1.82, 2.24) is 9.13 Å². The summed E-state index contributed by atoms with van der Waals surface area (Å²) in [4.78, 5) is 24.0. The molecular weight excluding hydrogens is 326 g/mol. The lowest BCUT2D eigenvalue weighted by atomic mass is 10.2. The normalized spacial score (nSPS) is 11.8. The fourth-order valence-electron chi connectivity index (χ4n) is 2.26. The van der Waals surface area contributed by atoms with E-state index in [1.54, 1.807) is 25.3 Å². The lowest BCUT2D eigenvalue weighted by Gasteiger charge is -2.13. The Morgan fingerprint density at radius 1 is 1.28 bits per heavy atom. The Hall–Kier alpha value is -2.89. The van der Waals surface area contributed by atoms with Crippen molar-refractivity contribution in [2.75, 3.05) is 13.7 Å². The first kappa shape index (κ1) is 18.4. The molecule has 0 amide bonds. The maximum absolute atomic E-state index is 12.0. The highest BCUT2D eigenvalue weighted by atomic mass is 16.5. The summed E-state index contributed by atoms with van der Waals surface area (Å²) in [5.74, 6) is 0.733. The van der Waals surface area contributed by atoms with Crippen LogP contribution in [0.25, 0.3) is 0 Å². The summed E-state index contributed by atoms with van der Waals surface area (Å²) in [5.41, 5.74) is -0.584. The van der Waals surface area contributed by atoms with Crippen molar-refractivity contribution >= 4 is 0 Å². The Morgan fingerprint density at radius 2 is 1.96 bits per heavy atom. The van der Waals surface area contributed by atoms with Gasteiger partial charge in [-0.1, -0.05) is 12.1 Å². The van der Waals surface area contributed by atoms with Gasteiger partial charge in [-0.25, -0.2) is 4.79 Å². The second-order valence-corrected chi connectivity index (χ2v) is 5.48. The summed E-state index contributed by atoms with van der Waals surface area (Å²) in [6.07, 6.45) is 0.117. The number of hydrogen-bond donors (Lipinski definition) is 1. The van der Waals surface area contributed by atoms with E-state index in [9.17, 15) is 14.7 Å². The number of aromatic nitrogens is 2. The quantitative estimate of drug-likeness (QED) is 0.757. The largest absolute Gasteiger partial charge is 0.497 e. The Morgan fingerprint density at radius 3 is 2.56 bits per heavy atom. The van der Waals surface area contributed by atoms with Gasteiger partial charge in [0.25, 0.3) is 5.56 Å². The van der Waals surface area contributed by atoms with Gasteiger partial charge in [0, 0.05) is 13.2 Å². The van der Waals surface area contributed by atoms with Gasteiger partial charge in [-0.05, 0) is 17.7 Å². The Bertz CT molecular complexity index is 877. The molecule has 8 nitrogen and oxygen atoms in total. The number of nitriles is 1. The molecule has 2 rings (SSSR count). The van der Waals surface area contributed by atoms with Crippen molar-refractivity contribution in [3.05, 3.63) is 62.4 Å². The molecule has 0 saturated heterocycles. The molecule has 1 aromatic heterocycles. The first-order chi connectivity index (χ1) is 12.0. The number of rotatable bonds is 7. The Kier molecular flexibility index (Phi) is 6.11. The molecule has 0 unspecified atom stereocenters. The van der Waals surface area contributed by atoms with E-state index >= 15 is 0 Å². The van der Waals surface area contributed by atoms with Gasteiger partial charge in [-0.15, -0.1) is 0 Å². The van der Waals surface area contributed by atoms with E-state index in [-0.39, 0.29) is 25.3 Å². The van der Waals surface area contributed by atoms with E-state index in [2.05, 4.69) is 0 Å². The molecule has 132 valence electrons. The van der Waals surface area contributed by atoms with Crippen molar-refractivity contribution in [1.29, 1.82) is 5.26 Å². The Labute approximate surface area is 144 Å². The SMILES string of the molecule is COc1ccc(COC[C@@H](O)Cn2c(=O)c(C#N)cn(C)c2=O)cc1. The minimum Gasteiger partial charge on any atom is -0.497 e. The third-order valence-corrected chi connectivity index (χ3v) is 3.58. The Balaban J connectivity index is 1.97. The molecule has 8 heteroatoms. The van der Waals surface area contributed by atoms with E-state index in [0.717, 1.165) is 20.4 Å². The van der Waals surface area contributed by atoms with Crippen LogP contribution < -0.4 is 16.0 Å². The fraction of sp³-hybridized carbons (Fsp3) is 0.353. The summed E-state index contributed by atoms with van der Waals surface area (Å²) in [7, 11) is 3.01. The summed E-state index contributed by atoms with van der Waals surface area (Å²) in [5, 5.41) is 19.0. The fourth-order valence-corrected chi connectivity index (χ4v) is 2.26. The van der Waals surface area contributed by atoms with Gasteiger partial charge < -0.3 is 19.1 Å². The zero-order valence-corrected chi connectivity index (χ0v) is 14.0. The maximum atomic E-state index is 12.0. The average molecular weight is 345 g/mol. The van der Waals surface area contributed by atoms with Crippen LogP contribution in [0.3, 0.4) is 0 Å². The third-order valence-electron chi connectivity index (χ3n) is 3.58. The smallest absolute Gasteiger partial charge is 0.330 e.